The van der Waals surface area contributed by atoms with Crippen molar-refractivity contribution in [3.63, 3.8) is 0 Å². The molecule has 0 spiro atoms. The van der Waals surface area contributed by atoms with Gasteiger partial charge in [-0.15, -0.1) is 0 Å². The number of benzene rings is 2. The van der Waals surface area contributed by atoms with E-state index in [0.29, 0.717) is 41.6 Å². The van der Waals surface area contributed by atoms with Crippen molar-refractivity contribution in [3.05, 3.63) is 107 Å². The number of Topliss-reactive ketones (excluding diaryl/α,β-unsaturated/α-hetero) is 1. The van der Waals surface area contributed by atoms with Gasteiger partial charge in [0, 0.05) is 44.2 Å². The number of halogens is 8. The Bertz CT molecular complexity index is 1470. The van der Waals surface area contributed by atoms with Crippen LogP contribution >= 0.6 is 90.4 Å². The summed E-state index contributed by atoms with van der Waals surface area (Å²) in [5.41, 5.74) is 0.473. The van der Waals surface area contributed by atoms with E-state index >= 15 is 0 Å². The molecular weight excluding hydrogens is 1180 g/mol. The summed E-state index contributed by atoms with van der Waals surface area (Å²) in [4.78, 5) is 18.5. The first-order valence-corrected chi connectivity index (χ1v) is 30.6. The van der Waals surface area contributed by atoms with Gasteiger partial charge in [0.1, 0.15) is 33.3 Å². The van der Waals surface area contributed by atoms with Gasteiger partial charge in [0.15, 0.2) is 0 Å². The number of nitrogens with zero attached hydrogens (tertiary/aromatic N) is 4. The Kier molecular flexibility index (Phi) is 20.1. The third kappa shape index (κ3) is 14.2. The SMILES string of the molecule is CC(=O)C(F)(F)c1ccc(Oc2ccc(C#N)cc2)cn1.II.I[I-]I.N#Cc1ccc(Oc2ccc(Br)nc2)cc1. The number of pyridine rings is 2. The molecule has 4 aromatic rings. The number of hydrogen-bond donors (Lipinski definition) is 0. The van der Waals surface area contributed by atoms with Gasteiger partial charge >= 0.3 is 56.4 Å². The molecule has 7 nitrogen and oxygen atoms in total. The number of carbonyl (C=O) groups excluding carboxylic acids is 1. The Labute approximate surface area is 303 Å². The summed E-state index contributed by atoms with van der Waals surface area (Å²) >= 11 is 12.8. The molecule has 0 amide bonds. The molecule has 0 saturated heterocycles. The molecule has 0 radical (unpaired) electrons. The summed E-state index contributed by atoms with van der Waals surface area (Å²) in [5, 5.41) is 17.3. The Hall–Kier alpha value is -1.02. The largest absolute Gasteiger partial charge is 0.456 e. The molecule has 0 aliphatic carbocycles. The smallest absolute Gasteiger partial charge is 0.145 e. The molecule has 0 N–H and O–H groups in total. The van der Waals surface area contributed by atoms with Crippen molar-refractivity contribution < 1.29 is 36.3 Å². The van der Waals surface area contributed by atoms with Gasteiger partial charge in [0.25, 0.3) is 0 Å². The average molecular weight is 1200 g/mol. The van der Waals surface area contributed by atoms with E-state index < -0.39 is 17.4 Å². The van der Waals surface area contributed by atoms with Crippen LogP contribution in [-0.4, -0.2) is 15.8 Å². The zero-order chi connectivity index (χ0) is 31.5. The second kappa shape index (κ2) is 21.6. The van der Waals surface area contributed by atoms with E-state index in [0.717, 1.165) is 23.8 Å². The number of ketones is 1. The molecule has 0 unspecified atom stereocenters. The maximum Gasteiger partial charge on any atom is 0.145 e. The number of ether oxygens (including phenoxy) is 2. The van der Waals surface area contributed by atoms with E-state index in [1.807, 2.05) is 12.1 Å². The molecule has 2 heterocycles. The number of hydrogen-bond acceptors (Lipinski definition) is 7. The Morgan fingerprint density at radius 2 is 1.17 bits per heavy atom. The number of rotatable bonds is 6. The minimum atomic E-state index is -3.60. The van der Waals surface area contributed by atoms with Crippen molar-refractivity contribution in [2.75, 3.05) is 0 Å². The zero-order valence-electron chi connectivity index (χ0n) is 21.1. The van der Waals surface area contributed by atoms with E-state index in [1.165, 1.54) is 6.07 Å². The second-order valence-corrected chi connectivity index (χ2v) is 24.4. The van der Waals surface area contributed by atoms with Crippen LogP contribution < -0.4 is 22.7 Å². The van der Waals surface area contributed by atoms with Crippen molar-refractivity contribution in [1.29, 1.82) is 10.5 Å². The van der Waals surface area contributed by atoms with Gasteiger partial charge in [-0.1, -0.05) is 0 Å². The minimum Gasteiger partial charge on any atom is -0.456 e. The number of aromatic nitrogens is 2. The average Bonchev–Trinajstić information content (AvgIpc) is 3.01. The van der Waals surface area contributed by atoms with Gasteiger partial charge in [-0.2, -0.15) is 19.3 Å². The van der Waals surface area contributed by atoms with Crippen molar-refractivity contribution in [2.24, 2.45) is 0 Å². The topological polar surface area (TPSA) is 109 Å². The van der Waals surface area contributed by atoms with Crippen LogP contribution in [0.3, 0.4) is 0 Å². The molecule has 2 aromatic heterocycles. The fourth-order valence-corrected chi connectivity index (χ4v) is 2.93. The van der Waals surface area contributed by atoms with Crippen LogP contribution in [0, 0.1) is 22.7 Å². The van der Waals surface area contributed by atoms with Crippen LogP contribution in [0.4, 0.5) is 8.78 Å². The minimum absolute atomic E-state index is 0.253. The summed E-state index contributed by atoms with van der Waals surface area (Å²) in [6.07, 6.45) is 2.74. The molecule has 4 rings (SSSR count). The standard InChI is InChI=1S/C15H10F2N2O2.C12H7BrN2O.I3.I2/c1-10(20)15(16,17)14-7-6-13(9-19-14)21-12-4-2-11(8-18)3-5-12;13-12-6-5-11(8-15-12)16-10-3-1-9(7-14)2-4-10;1-3-2;1-2/h2-7,9H,1H3;1-6,8H;;/q;;-1;. The summed E-state index contributed by atoms with van der Waals surface area (Å²) in [6.45, 7) is 0.808. The number of nitriles is 2. The van der Waals surface area contributed by atoms with Gasteiger partial charge in [-0.05, 0) is 88.7 Å². The van der Waals surface area contributed by atoms with Crippen LogP contribution in [0.5, 0.6) is 23.0 Å². The fourth-order valence-electron chi connectivity index (χ4n) is 2.70. The monoisotopic (exact) mass is 1200 g/mol. The first-order valence-electron chi connectivity index (χ1n) is 11.0. The Morgan fingerprint density at radius 1 is 0.786 bits per heavy atom. The molecule has 0 bridgehead atoms. The molecule has 2 aromatic carbocycles. The maximum atomic E-state index is 13.4. The molecular formula is C27H17BrF2I5N4O3-. The third-order valence-corrected chi connectivity index (χ3v) is 5.11. The molecule has 220 valence electrons. The van der Waals surface area contributed by atoms with Gasteiger partial charge < -0.3 is 9.47 Å². The van der Waals surface area contributed by atoms with Crippen molar-refractivity contribution in [2.45, 2.75) is 12.8 Å². The molecule has 15 heteroatoms. The van der Waals surface area contributed by atoms with E-state index in [4.69, 9.17) is 20.0 Å². The van der Waals surface area contributed by atoms with Crippen LogP contribution in [0.2, 0.25) is 0 Å². The van der Waals surface area contributed by atoms with E-state index in [2.05, 4.69) is 106 Å². The van der Waals surface area contributed by atoms with Gasteiger partial charge in [0.2, 0.25) is 5.78 Å². The predicted octanol–water partition coefficient (Wildman–Crippen LogP) is 7.48. The third-order valence-electron chi connectivity index (χ3n) is 4.64. The normalized spacial score (nSPS) is 9.67. The molecule has 0 fully saturated rings. The van der Waals surface area contributed by atoms with E-state index in [1.54, 1.807) is 60.8 Å². The first kappa shape index (κ1) is 39.0. The van der Waals surface area contributed by atoms with Crippen LogP contribution in [0.25, 0.3) is 0 Å². The number of alkyl halides is 2. The van der Waals surface area contributed by atoms with Crippen molar-refractivity contribution in [1.82, 2.24) is 9.97 Å². The summed E-state index contributed by atoms with van der Waals surface area (Å²) in [5.74, 6) is -2.83. The molecule has 0 aliphatic heterocycles. The molecule has 0 atom stereocenters. The van der Waals surface area contributed by atoms with Crippen LogP contribution in [0.15, 0.2) is 89.8 Å². The van der Waals surface area contributed by atoms with Crippen molar-refractivity contribution in [3.8, 4) is 35.1 Å². The summed E-state index contributed by atoms with van der Waals surface area (Å²) < 4.78 is 38.6. The quantitative estimate of drug-likeness (QED) is 0.146. The second-order valence-electron chi connectivity index (χ2n) is 7.36. The van der Waals surface area contributed by atoms with E-state index in [-0.39, 0.29) is 5.75 Å². The predicted molar refractivity (Wildman–Crippen MR) is 189 cm³/mol. The Balaban J connectivity index is 0.000000373. The first-order chi connectivity index (χ1) is 20.1. The number of carbonyl (C=O) groups is 1. The summed E-state index contributed by atoms with van der Waals surface area (Å²) in [6, 6.07) is 23.2. The van der Waals surface area contributed by atoms with Crippen LogP contribution in [-0.2, 0) is 10.7 Å². The van der Waals surface area contributed by atoms with Gasteiger partial charge in [-0.25, -0.2) is 4.98 Å². The summed E-state index contributed by atoms with van der Waals surface area (Å²) in [7, 11) is 0. The molecule has 0 aliphatic rings. The maximum absolute atomic E-state index is 13.4. The molecule has 42 heavy (non-hydrogen) atoms. The fraction of sp³-hybridized carbons (Fsp3) is 0.0741. The van der Waals surface area contributed by atoms with E-state index in [9.17, 15) is 13.6 Å². The van der Waals surface area contributed by atoms with Gasteiger partial charge in [-0.3, -0.25) is 9.78 Å². The molecule has 0 saturated carbocycles. The van der Waals surface area contributed by atoms with Gasteiger partial charge in [0.05, 0.1) is 35.7 Å². The van der Waals surface area contributed by atoms with Crippen molar-refractivity contribution >= 4 is 96.2 Å². The zero-order valence-corrected chi connectivity index (χ0v) is 33.5. The van der Waals surface area contributed by atoms with Crippen LogP contribution in [0.1, 0.15) is 23.7 Å². The Morgan fingerprint density at radius 3 is 1.48 bits per heavy atom.